The van der Waals surface area contributed by atoms with Crippen LogP contribution in [-0.2, 0) is 9.53 Å². The molecule has 3 nitrogen and oxygen atoms in total. The van der Waals surface area contributed by atoms with Gasteiger partial charge in [0.05, 0.1) is 6.61 Å². The van der Waals surface area contributed by atoms with Crippen LogP contribution < -0.4 is 5.73 Å². The van der Waals surface area contributed by atoms with E-state index in [9.17, 15) is 4.79 Å². The molecule has 66 valence electrons. The van der Waals surface area contributed by atoms with Gasteiger partial charge in [-0.15, -0.1) is 0 Å². The lowest BCUT2D eigenvalue weighted by molar-refractivity contribution is -0.136. The van der Waals surface area contributed by atoms with E-state index in [2.05, 4.69) is 16.6 Å². The van der Waals surface area contributed by atoms with Crippen molar-refractivity contribution in [3.63, 3.8) is 0 Å². The maximum absolute atomic E-state index is 10.7. The highest BCUT2D eigenvalue weighted by Gasteiger charge is 2.23. The standard InChI is InChI=1S/C9H13NO2/c1-2-12-9(11)4-3-7-5-8(10)6-7/h7-8H,2,5-6,10H2,1H3. The van der Waals surface area contributed by atoms with Crippen molar-refractivity contribution in [1.29, 1.82) is 0 Å². The van der Waals surface area contributed by atoms with Gasteiger partial charge in [-0.2, -0.15) is 0 Å². The zero-order valence-electron chi connectivity index (χ0n) is 7.17. The van der Waals surface area contributed by atoms with Crippen LogP contribution in [0.15, 0.2) is 0 Å². The lowest BCUT2D eigenvalue weighted by atomic mass is 9.81. The summed E-state index contributed by atoms with van der Waals surface area (Å²) in [5, 5.41) is 0. The monoisotopic (exact) mass is 167 g/mol. The number of ether oxygens (including phenoxy) is 1. The summed E-state index contributed by atoms with van der Waals surface area (Å²) in [5.41, 5.74) is 5.55. The van der Waals surface area contributed by atoms with E-state index in [1.165, 1.54) is 0 Å². The van der Waals surface area contributed by atoms with E-state index in [-0.39, 0.29) is 6.04 Å². The second-order valence-corrected chi connectivity index (χ2v) is 2.92. The van der Waals surface area contributed by atoms with Crippen LogP contribution in [0.1, 0.15) is 19.8 Å². The van der Waals surface area contributed by atoms with Crippen LogP contribution >= 0.6 is 0 Å². The van der Waals surface area contributed by atoms with Gasteiger partial charge in [0.2, 0.25) is 0 Å². The maximum Gasteiger partial charge on any atom is 0.384 e. The summed E-state index contributed by atoms with van der Waals surface area (Å²) < 4.78 is 4.64. The van der Waals surface area contributed by atoms with Crippen LogP contribution in [0.5, 0.6) is 0 Å². The predicted molar refractivity (Wildman–Crippen MR) is 45.1 cm³/mol. The molecular formula is C9H13NO2. The van der Waals surface area contributed by atoms with Crippen LogP contribution in [-0.4, -0.2) is 18.6 Å². The van der Waals surface area contributed by atoms with E-state index in [4.69, 9.17) is 5.73 Å². The van der Waals surface area contributed by atoms with E-state index >= 15 is 0 Å². The Hall–Kier alpha value is -1.01. The Bertz CT molecular complexity index is 220. The minimum absolute atomic E-state index is 0.284. The second kappa shape index (κ2) is 4.13. The van der Waals surface area contributed by atoms with Gasteiger partial charge in [0.15, 0.2) is 0 Å². The first kappa shape index (κ1) is 9.08. The molecule has 0 aliphatic heterocycles. The fourth-order valence-electron chi connectivity index (χ4n) is 1.11. The van der Waals surface area contributed by atoms with Crippen molar-refractivity contribution in [2.24, 2.45) is 11.7 Å². The summed E-state index contributed by atoms with van der Waals surface area (Å²) in [5.74, 6) is 5.15. The molecule has 0 radical (unpaired) electrons. The summed E-state index contributed by atoms with van der Waals surface area (Å²) in [7, 11) is 0. The van der Waals surface area contributed by atoms with Gasteiger partial charge in [0.1, 0.15) is 0 Å². The van der Waals surface area contributed by atoms with Crippen molar-refractivity contribution in [3.05, 3.63) is 0 Å². The number of hydrogen-bond donors (Lipinski definition) is 1. The van der Waals surface area contributed by atoms with Gasteiger partial charge in [-0.05, 0) is 19.8 Å². The van der Waals surface area contributed by atoms with Crippen molar-refractivity contribution in [3.8, 4) is 11.8 Å². The minimum atomic E-state index is -0.432. The zero-order valence-corrected chi connectivity index (χ0v) is 7.17. The molecule has 1 aliphatic carbocycles. The van der Waals surface area contributed by atoms with E-state index in [0.717, 1.165) is 12.8 Å². The molecule has 1 aliphatic rings. The molecule has 0 aromatic carbocycles. The van der Waals surface area contributed by atoms with E-state index in [1.807, 2.05) is 0 Å². The summed E-state index contributed by atoms with van der Waals surface area (Å²) in [6, 6.07) is 0.284. The van der Waals surface area contributed by atoms with Gasteiger partial charge >= 0.3 is 5.97 Å². The van der Waals surface area contributed by atoms with Crippen LogP contribution in [0.25, 0.3) is 0 Å². The van der Waals surface area contributed by atoms with Crippen LogP contribution in [0, 0.1) is 17.8 Å². The van der Waals surface area contributed by atoms with Gasteiger partial charge in [-0.25, -0.2) is 4.79 Å². The highest BCUT2D eigenvalue weighted by Crippen LogP contribution is 2.24. The average molecular weight is 167 g/mol. The molecule has 3 heteroatoms. The van der Waals surface area contributed by atoms with Crippen molar-refractivity contribution >= 4 is 5.97 Å². The minimum Gasteiger partial charge on any atom is -0.456 e. The molecule has 0 amide bonds. The Morgan fingerprint density at radius 2 is 2.33 bits per heavy atom. The van der Waals surface area contributed by atoms with Crippen molar-refractivity contribution in [1.82, 2.24) is 0 Å². The van der Waals surface area contributed by atoms with Gasteiger partial charge in [0.25, 0.3) is 0 Å². The molecule has 0 unspecified atom stereocenters. The Labute approximate surface area is 72.3 Å². The summed E-state index contributed by atoms with van der Waals surface area (Å²) in [4.78, 5) is 10.7. The Morgan fingerprint density at radius 3 is 2.83 bits per heavy atom. The van der Waals surface area contributed by atoms with Gasteiger partial charge in [-0.1, -0.05) is 5.92 Å². The highest BCUT2D eigenvalue weighted by atomic mass is 16.5. The van der Waals surface area contributed by atoms with Crippen LogP contribution in [0.3, 0.4) is 0 Å². The molecule has 1 fully saturated rings. The quantitative estimate of drug-likeness (QED) is 0.347. The van der Waals surface area contributed by atoms with E-state index in [0.29, 0.717) is 12.5 Å². The molecule has 0 saturated heterocycles. The first-order valence-electron chi connectivity index (χ1n) is 4.16. The Morgan fingerprint density at radius 1 is 1.67 bits per heavy atom. The predicted octanol–water partition coefficient (Wildman–Crippen LogP) is 0.290. The number of carbonyl (C=O) groups excluding carboxylic acids is 1. The number of rotatable bonds is 1. The summed E-state index contributed by atoms with van der Waals surface area (Å²) in [6.07, 6.45) is 1.82. The van der Waals surface area contributed by atoms with Crippen molar-refractivity contribution in [2.45, 2.75) is 25.8 Å². The molecule has 1 saturated carbocycles. The third-order valence-electron chi connectivity index (χ3n) is 1.83. The lowest BCUT2D eigenvalue weighted by Crippen LogP contribution is -2.35. The Balaban J connectivity index is 2.24. The average Bonchev–Trinajstić information content (AvgIpc) is 1.96. The normalized spacial score (nSPS) is 26.5. The molecule has 2 N–H and O–H groups in total. The number of hydrogen-bond acceptors (Lipinski definition) is 3. The number of esters is 1. The zero-order chi connectivity index (χ0) is 8.97. The topological polar surface area (TPSA) is 52.3 Å². The second-order valence-electron chi connectivity index (χ2n) is 2.92. The first-order valence-corrected chi connectivity index (χ1v) is 4.16. The van der Waals surface area contributed by atoms with Crippen molar-refractivity contribution < 1.29 is 9.53 Å². The number of nitrogens with two attached hydrogens (primary N) is 1. The summed E-state index contributed by atoms with van der Waals surface area (Å²) in [6.45, 7) is 2.15. The molecule has 0 heterocycles. The van der Waals surface area contributed by atoms with Crippen molar-refractivity contribution in [2.75, 3.05) is 6.61 Å². The Kier molecular flexibility index (Phi) is 3.12. The third-order valence-corrected chi connectivity index (χ3v) is 1.83. The maximum atomic E-state index is 10.7. The summed E-state index contributed by atoms with van der Waals surface area (Å²) >= 11 is 0. The molecule has 0 aromatic rings. The first-order chi connectivity index (χ1) is 5.72. The SMILES string of the molecule is CCOC(=O)C#CC1CC(N)C1. The highest BCUT2D eigenvalue weighted by molar-refractivity contribution is 5.88. The lowest BCUT2D eigenvalue weighted by Gasteiger charge is -2.27. The molecule has 1 rings (SSSR count). The molecule has 0 atom stereocenters. The molecule has 0 aromatic heterocycles. The van der Waals surface area contributed by atoms with Crippen LogP contribution in [0.2, 0.25) is 0 Å². The molecule has 0 bridgehead atoms. The van der Waals surface area contributed by atoms with Crippen LogP contribution in [0.4, 0.5) is 0 Å². The van der Waals surface area contributed by atoms with Gasteiger partial charge < -0.3 is 10.5 Å². The molecule has 0 spiro atoms. The largest absolute Gasteiger partial charge is 0.456 e. The third kappa shape index (κ3) is 2.55. The molecule has 12 heavy (non-hydrogen) atoms. The smallest absolute Gasteiger partial charge is 0.384 e. The fraction of sp³-hybridized carbons (Fsp3) is 0.667. The van der Waals surface area contributed by atoms with E-state index < -0.39 is 5.97 Å². The fourth-order valence-corrected chi connectivity index (χ4v) is 1.11. The van der Waals surface area contributed by atoms with Gasteiger partial charge in [-0.3, -0.25) is 0 Å². The molecular weight excluding hydrogens is 154 g/mol. The number of carbonyl (C=O) groups is 1. The van der Waals surface area contributed by atoms with E-state index in [1.54, 1.807) is 6.92 Å². The van der Waals surface area contributed by atoms with Gasteiger partial charge in [0, 0.05) is 17.9 Å².